The first-order valence-corrected chi connectivity index (χ1v) is 27.5. The summed E-state index contributed by atoms with van der Waals surface area (Å²) in [6, 6.07) is 44.5. The number of rotatable bonds is 14. The second-order valence-electron chi connectivity index (χ2n) is 14.4. The van der Waals surface area contributed by atoms with Gasteiger partial charge in [0.1, 0.15) is 4.90 Å². The molecule has 0 aromatic heterocycles. The van der Waals surface area contributed by atoms with Gasteiger partial charge in [-0.05, 0) is 146 Å². The fourth-order valence-corrected chi connectivity index (χ4v) is 13.2. The quantitative estimate of drug-likeness (QED) is 0.0598. The Labute approximate surface area is 380 Å². The van der Waals surface area contributed by atoms with Crippen LogP contribution in [-0.4, -0.2) is 49.0 Å². The third-order valence-electron chi connectivity index (χ3n) is 10.4. The van der Waals surface area contributed by atoms with E-state index in [0.717, 1.165) is 66.9 Å². The molecule has 7 aromatic rings. The van der Waals surface area contributed by atoms with Crippen molar-refractivity contribution >= 4 is 75.2 Å². The average Bonchev–Trinajstić information content (AvgIpc) is 3.26. The molecule has 10 nitrogen and oxygen atoms in total. The molecule has 0 saturated heterocycles. The molecule has 2 N–H and O–H groups in total. The lowest BCUT2D eigenvalue weighted by Crippen LogP contribution is -2.25. The van der Waals surface area contributed by atoms with Crippen LogP contribution in [0.15, 0.2) is 218 Å². The lowest BCUT2D eigenvalue weighted by molar-refractivity contribution is 0.479. The molecule has 0 saturated carbocycles. The zero-order valence-corrected chi connectivity index (χ0v) is 39.3. The largest absolute Gasteiger partial charge is 0.295 e. The van der Waals surface area contributed by atoms with Crippen LogP contribution in [-0.2, 0) is 45.3 Å². The zero-order chi connectivity index (χ0) is 45.4. The lowest BCUT2D eigenvalue weighted by atomic mass is 9.71. The normalized spacial score (nSPS) is 13.3. The predicted molar refractivity (Wildman–Crippen MR) is 246 cm³/mol. The van der Waals surface area contributed by atoms with Crippen molar-refractivity contribution in [2.75, 3.05) is 6.26 Å². The first-order valence-electron chi connectivity index (χ1n) is 18.8. The smallest absolute Gasteiger partial charge is 0.282 e. The Bertz CT molecular complexity index is 3270. The van der Waals surface area contributed by atoms with Crippen molar-refractivity contribution in [2.24, 2.45) is 0 Å². The topological polar surface area (TPSA) is 177 Å². The molecule has 0 amide bonds. The summed E-state index contributed by atoms with van der Waals surface area (Å²) in [7, 11) is -17.6. The van der Waals surface area contributed by atoms with E-state index in [1.165, 1.54) is 60.3 Å². The number of aryl methyl sites for hydroxylation is 1. The van der Waals surface area contributed by atoms with Gasteiger partial charge in [-0.1, -0.05) is 83.7 Å². The fourth-order valence-electron chi connectivity index (χ4n) is 6.82. The SMILES string of the molecule is CSc1ccc(C(C)(c2ccc(Sc3ccc(S(=O)(=O)c4cccc(S(=O)(=O)O)c4)cc3)cc2)c2ccc(Sc3ccc(S(=O)(=O)c4ccc(C)cc4)cc3S(=O)(=O)O)cc2)cc1. The van der Waals surface area contributed by atoms with Gasteiger partial charge in [-0.15, -0.1) is 11.8 Å². The Morgan fingerprint density at radius 3 is 1.29 bits per heavy atom. The summed E-state index contributed by atoms with van der Waals surface area (Å²) in [5.74, 6) is 0. The van der Waals surface area contributed by atoms with Crippen LogP contribution < -0.4 is 0 Å². The molecule has 17 heteroatoms. The number of hydrogen-bond acceptors (Lipinski definition) is 11. The van der Waals surface area contributed by atoms with Gasteiger partial charge in [0.05, 0.1) is 24.5 Å². The summed E-state index contributed by atoms with van der Waals surface area (Å²) < 4.78 is 121. The van der Waals surface area contributed by atoms with E-state index in [-0.39, 0.29) is 24.5 Å². The van der Waals surface area contributed by atoms with Crippen molar-refractivity contribution in [1.29, 1.82) is 0 Å². The van der Waals surface area contributed by atoms with Crippen LogP contribution in [0.4, 0.5) is 0 Å². The summed E-state index contributed by atoms with van der Waals surface area (Å²) in [6.45, 7) is 3.93. The summed E-state index contributed by atoms with van der Waals surface area (Å²) in [5, 5.41) is 0. The standard InChI is InChI=1S/C46H38O10S7/c1-31-7-23-39(24-8-31)61(49,50)42-27-28-44(45(30-42)63(54,55)56)59-38-19-13-34(14-20-38)46(2,32-9-15-35(57-3)16-10-32)33-11-17-36(18-12-33)58-37-21-25-40(26-22-37)60(47,48)41-5-4-6-43(29-41)62(51,52)53/h4-30H,1-3H3,(H,51,52,53)(H,54,55,56). The highest BCUT2D eigenvalue weighted by Gasteiger charge is 2.32. The molecular formula is C46H38O10S7. The monoisotopic (exact) mass is 974 g/mol. The van der Waals surface area contributed by atoms with Gasteiger partial charge in [0.25, 0.3) is 20.2 Å². The molecular weight excluding hydrogens is 937 g/mol. The first-order chi connectivity index (χ1) is 29.7. The molecule has 7 rings (SSSR count). The number of thioether (sulfide) groups is 1. The van der Waals surface area contributed by atoms with Crippen LogP contribution in [0.1, 0.15) is 29.2 Å². The van der Waals surface area contributed by atoms with Gasteiger partial charge in [0, 0.05) is 29.9 Å². The van der Waals surface area contributed by atoms with Crippen LogP contribution in [0, 0.1) is 6.92 Å². The molecule has 0 aliphatic heterocycles. The Morgan fingerprint density at radius 1 is 0.429 bits per heavy atom. The molecule has 0 fully saturated rings. The maximum absolute atomic E-state index is 13.4. The van der Waals surface area contributed by atoms with E-state index in [1.54, 1.807) is 36.0 Å². The van der Waals surface area contributed by atoms with Gasteiger partial charge >= 0.3 is 0 Å². The Hall–Kier alpha value is -4.69. The number of hydrogen-bond donors (Lipinski definition) is 2. The molecule has 0 bridgehead atoms. The highest BCUT2D eigenvalue weighted by atomic mass is 32.2. The van der Waals surface area contributed by atoms with E-state index in [4.69, 9.17) is 0 Å². The van der Waals surface area contributed by atoms with Crippen molar-refractivity contribution < 1.29 is 42.8 Å². The number of benzene rings is 7. The van der Waals surface area contributed by atoms with Crippen LogP contribution in [0.25, 0.3) is 0 Å². The highest BCUT2D eigenvalue weighted by molar-refractivity contribution is 8.00. The van der Waals surface area contributed by atoms with Crippen molar-refractivity contribution in [2.45, 2.75) is 73.1 Å². The van der Waals surface area contributed by atoms with E-state index >= 15 is 0 Å². The molecule has 0 aliphatic rings. The van der Waals surface area contributed by atoms with Crippen molar-refractivity contribution in [3.63, 3.8) is 0 Å². The molecule has 0 radical (unpaired) electrons. The molecule has 0 spiro atoms. The molecule has 0 aliphatic carbocycles. The lowest BCUT2D eigenvalue weighted by Gasteiger charge is -2.32. The van der Waals surface area contributed by atoms with Gasteiger partial charge in [-0.2, -0.15) is 16.8 Å². The summed E-state index contributed by atoms with van der Waals surface area (Å²) >= 11 is 4.13. The van der Waals surface area contributed by atoms with Crippen molar-refractivity contribution in [1.82, 2.24) is 0 Å². The van der Waals surface area contributed by atoms with Gasteiger partial charge < -0.3 is 0 Å². The summed E-state index contributed by atoms with van der Waals surface area (Å²) in [5.41, 5.74) is 3.10. The Morgan fingerprint density at radius 2 is 0.825 bits per heavy atom. The van der Waals surface area contributed by atoms with E-state index < -0.39 is 55.1 Å². The third kappa shape index (κ3) is 10.0. The minimum absolute atomic E-state index is 0.00145. The van der Waals surface area contributed by atoms with Gasteiger partial charge in [0.15, 0.2) is 0 Å². The zero-order valence-electron chi connectivity index (χ0n) is 33.6. The van der Waals surface area contributed by atoms with Crippen LogP contribution in [0.3, 0.4) is 0 Å². The molecule has 63 heavy (non-hydrogen) atoms. The average molecular weight is 975 g/mol. The fraction of sp³-hybridized carbons (Fsp3) is 0.0870. The Balaban J connectivity index is 1.15. The first kappa shape index (κ1) is 46.3. The molecule has 324 valence electrons. The second kappa shape index (κ2) is 18.1. The third-order valence-corrected chi connectivity index (χ3v) is 18.6. The van der Waals surface area contributed by atoms with Crippen LogP contribution in [0.2, 0.25) is 0 Å². The summed E-state index contributed by atoms with van der Waals surface area (Å²) in [4.78, 5) is 1.93. The maximum atomic E-state index is 13.4. The van der Waals surface area contributed by atoms with E-state index in [9.17, 15) is 42.8 Å². The molecule has 7 aromatic carbocycles. The molecule has 0 heterocycles. The van der Waals surface area contributed by atoms with E-state index in [1.807, 2.05) is 61.7 Å². The minimum Gasteiger partial charge on any atom is -0.282 e. The van der Waals surface area contributed by atoms with E-state index in [0.29, 0.717) is 4.90 Å². The highest BCUT2D eigenvalue weighted by Crippen LogP contribution is 2.43. The maximum Gasteiger partial charge on any atom is 0.295 e. The predicted octanol–water partition coefficient (Wildman–Crippen LogP) is 10.5. The molecule has 1 atom stereocenters. The van der Waals surface area contributed by atoms with Gasteiger partial charge in [-0.3, -0.25) is 9.11 Å². The Kier molecular flexibility index (Phi) is 13.3. The van der Waals surface area contributed by atoms with Crippen molar-refractivity contribution in [3.05, 3.63) is 186 Å². The van der Waals surface area contributed by atoms with Crippen molar-refractivity contribution in [3.8, 4) is 0 Å². The second-order valence-corrected chi connectivity index (χ2v) is 24.3. The van der Waals surface area contributed by atoms with Crippen LogP contribution in [0.5, 0.6) is 0 Å². The van der Waals surface area contributed by atoms with Gasteiger partial charge in [-0.25, -0.2) is 16.8 Å². The summed E-state index contributed by atoms with van der Waals surface area (Å²) in [6.07, 6.45) is 2.00. The van der Waals surface area contributed by atoms with Crippen LogP contribution >= 0.6 is 35.3 Å². The van der Waals surface area contributed by atoms with Gasteiger partial charge in [0.2, 0.25) is 19.7 Å². The number of sulfone groups is 2. The van der Waals surface area contributed by atoms with E-state index in [2.05, 4.69) is 31.2 Å². The minimum atomic E-state index is -4.82. The molecule has 1 unspecified atom stereocenters.